The van der Waals surface area contributed by atoms with Crippen LogP contribution in [0, 0.1) is 0 Å². The Morgan fingerprint density at radius 3 is 2.71 bits per heavy atom. The van der Waals surface area contributed by atoms with Gasteiger partial charge in [-0.15, -0.1) is 0 Å². The fourth-order valence-electron chi connectivity index (χ4n) is 2.23. The molecule has 0 bridgehead atoms. The molecule has 4 heteroatoms. The van der Waals surface area contributed by atoms with Crippen LogP contribution < -0.4 is 10.1 Å². The molecule has 21 heavy (non-hydrogen) atoms. The quantitative estimate of drug-likeness (QED) is 0.726. The van der Waals surface area contributed by atoms with E-state index < -0.39 is 0 Å². The molecule has 0 aliphatic carbocycles. The zero-order valence-corrected chi connectivity index (χ0v) is 12.4. The Balaban J connectivity index is 1.98. The molecule has 0 aliphatic heterocycles. The summed E-state index contributed by atoms with van der Waals surface area (Å²) < 4.78 is 5.97. The average molecular weight is 299 g/mol. The Hall–Kier alpha value is -2.26. The van der Waals surface area contributed by atoms with Gasteiger partial charge < -0.3 is 10.1 Å². The third kappa shape index (κ3) is 2.93. The summed E-state index contributed by atoms with van der Waals surface area (Å²) in [6, 6.07) is 13.6. The lowest BCUT2D eigenvalue weighted by atomic mass is 10.1. The molecule has 0 amide bonds. The Labute approximate surface area is 128 Å². The predicted molar refractivity (Wildman–Crippen MR) is 87.4 cm³/mol. The Morgan fingerprint density at radius 1 is 1.10 bits per heavy atom. The van der Waals surface area contributed by atoms with Crippen molar-refractivity contribution in [2.24, 2.45) is 0 Å². The van der Waals surface area contributed by atoms with E-state index in [1.54, 1.807) is 12.4 Å². The summed E-state index contributed by atoms with van der Waals surface area (Å²) in [6.07, 6.45) is 3.47. The van der Waals surface area contributed by atoms with Crippen LogP contribution in [-0.4, -0.2) is 11.5 Å². The van der Waals surface area contributed by atoms with Gasteiger partial charge in [-0.05, 0) is 19.1 Å². The summed E-state index contributed by atoms with van der Waals surface area (Å²) in [6.45, 7) is 2.88. The smallest absolute Gasteiger partial charge is 0.147 e. The molecule has 1 heterocycles. The van der Waals surface area contributed by atoms with Crippen LogP contribution in [0.15, 0.2) is 54.9 Å². The van der Waals surface area contributed by atoms with Crippen LogP contribution in [0.5, 0.6) is 11.5 Å². The molecule has 3 nitrogen and oxygen atoms in total. The molecule has 0 atom stereocenters. The largest absolute Gasteiger partial charge is 0.455 e. The van der Waals surface area contributed by atoms with Gasteiger partial charge in [0.15, 0.2) is 0 Å². The Bertz CT molecular complexity index is 774. The number of hydrogen-bond donors (Lipinski definition) is 1. The molecule has 0 saturated heterocycles. The summed E-state index contributed by atoms with van der Waals surface area (Å²) in [5, 5.41) is 5.90. The summed E-state index contributed by atoms with van der Waals surface area (Å²) in [4.78, 5) is 4.18. The normalized spacial score (nSPS) is 10.6. The van der Waals surface area contributed by atoms with E-state index in [4.69, 9.17) is 16.3 Å². The van der Waals surface area contributed by atoms with Crippen LogP contribution in [0.25, 0.3) is 10.8 Å². The number of anilines is 1. The summed E-state index contributed by atoms with van der Waals surface area (Å²) in [5.41, 5.74) is 0.938. The SMILES string of the molecule is CCNc1cncc(Oc2ccc(Cl)c3ccccc23)c1. The second-order valence-electron chi connectivity index (χ2n) is 4.63. The Kier molecular flexibility index (Phi) is 3.93. The van der Waals surface area contributed by atoms with E-state index >= 15 is 0 Å². The van der Waals surface area contributed by atoms with Gasteiger partial charge in [0, 0.05) is 28.4 Å². The van der Waals surface area contributed by atoms with Gasteiger partial charge in [0.1, 0.15) is 11.5 Å². The molecule has 0 radical (unpaired) electrons. The summed E-state index contributed by atoms with van der Waals surface area (Å²) in [5.74, 6) is 1.46. The van der Waals surface area contributed by atoms with E-state index in [2.05, 4.69) is 10.3 Å². The lowest BCUT2D eigenvalue weighted by molar-refractivity contribution is 0.486. The fourth-order valence-corrected chi connectivity index (χ4v) is 2.45. The highest BCUT2D eigenvalue weighted by atomic mass is 35.5. The minimum Gasteiger partial charge on any atom is -0.455 e. The van der Waals surface area contributed by atoms with Crippen LogP contribution in [0.2, 0.25) is 5.02 Å². The van der Waals surface area contributed by atoms with Crippen molar-refractivity contribution >= 4 is 28.1 Å². The summed E-state index contributed by atoms with van der Waals surface area (Å²) in [7, 11) is 0. The molecule has 1 N–H and O–H groups in total. The van der Waals surface area contributed by atoms with Crippen molar-refractivity contribution in [2.75, 3.05) is 11.9 Å². The highest BCUT2D eigenvalue weighted by Gasteiger charge is 2.07. The van der Waals surface area contributed by atoms with Gasteiger partial charge in [-0.1, -0.05) is 35.9 Å². The summed E-state index contributed by atoms with van der Waals surface area (Å²) >= 11 is 6.22. The predicted octanol–water partition coefficient (Wildman–Crippen LogP) is 5.11. The number of hydrogen-bond acceptors (Lipinski definition) is 3. The lowest BCUT2D eigenvalue weighted by Gasteiger charge is -2.11. The maximum Gasteiger partial charge on any atom is 0.147 e. The van der Waals surface area contributed by atoms with E-state index in [-0.39, 0.29) is 0 Å². The van der Waals surface area contributed by atoms with Gasteiger partial charge in [-0.25, -0.2) is 0 Å². The molecular formula is C17H15ClN2O. The van der Waals surface area contributed by atoms with E-state index in [0.29, 0.717) is 5.75 Å². The topological polar surface area (TPSA) is 34.2 Å². The number of ether oxygens (including phenoxy) is 1. The highest BCUT2D eigenvalue weighted by molar-refractivity contribution is 6.35. The number of halogens is 1. The molecule has 0 unspecified atom stereocenters. The van der Waals surface area contributed by atoms with Gasteiger partial charge in [0.05, 0.1) is 18.1 Å². The number of pyridine rings is 1. The van der Waals surface area contributed by atoms with E-state index in [0.717, 1.165) is 33.8 Å². The minimum atomic E-state index is 0.695. The van der Waals surface area contributed by atoms with Gasteiger partial charge >= 0.3 is 0 Å². The molecule has 0 fully saturated rings. The first-order valence-corrected chi connectivity index (χ1v) is 7.19. The number of benzene rings is 2. The Morgan fingerprint density at radius 2 is 1.90 bits per heavy atom. The number of nitrogens with zero attached hydrogens (tertiary/aromatic N) is 1. The van der Waals surface area contributed by atoms with Crippen LogP contribution in [0.3, 0.4) is 0 Å². The highest BCUT2D eigenvalue weighted by Crippen LogP contribution is 2.34. The van der Waals surface area contributed by atoms with Gasteiger partial charge in [0.2, 0.25) is 0 Å². The number of aromatic nitrogens is 1. The van der Waals surface area contributed by atoms with Crippen LogP contribution in [0.4, 0.5) is 5.69 Å². The molecule has 3 rings (SSSR count). The van der Waals surface area contributed by atoms with Crippen molar-refractivity contribution in [3.63, 3.8) is 0 Å². The molecule has 1 aromatic heterocycles. The van der Waals surface area contributed by atoms with E-state index in [9.17, 15) is 0 Å². The van der Waals surface area contributed by atoms with Gasteiger partial charge in [-0.2, -0.15) is 0 Å². The van der Waals surface area contributed by atoms with Crippen molar-refractivity contribution < 1.29 is 4.74 Å². The molecule has 106 valence electrons. The van der Waals surface area contributed by atoms with E-state index in [1.165, 1.54) is 0 Å². The fraction of sp³-hybridized carbons (Fsp3) is 0.118. The van der Waals surface area contributed by atoms with Gasteiger partial charge in [-0.3, -0.25) is 4.98 Å². The van der Waals surface area contributed by atoms with Crippen molar-refractivity contribution in [1.29, 1.82) is 0 Å². The number of nitrogens with one attached hydrogen (secondary N) is 1. The third-order valence-corrected chi connectivity index (χ3v) is 3.48. The van der Waals surface area contributed by atoms with Crippen LogP contribution >= 0.6 is 11.6 Å². The number of rotatable bonds is 4. The van der Waals surface area contributed by atoms with Crippen molar-refractivity contribution in [3.05, 3.63) is 59.9 Å². The first kappa shape index (κ1) is 13.7. The van der Waals surface area contributed by atoms with Gasteiger partial charge in [0.25, 0.3) is 0 Å². The first-order chi connectivity index (χ1) is 10.3. The number of fused-ring (bicyclic) bond motifs is 1. The maximum atomic E-state index is 6.22. The second-order valence-corrected chi connectivity index (χ2v) is 5.04. The first-order valence-electron chi connectivity index (χ1n) is 6.82. The minimum absolute atomic E-state index is 0.695. The van der Waals surface area contributed by atoms with Crippen molar-refractivity contribution in [2.45, 2.75) is 6.92 Å². The third-order valence-electron chi connectivity index (χ3n) is 3.15. The average Bonchev–Trinajstić information content (AvgIpc) is 2.51. The van der Waals surface area contributed by atoms with Crippen molar-refractivity contribution in [3.8, 4) is 11.5 Å². The molecule has 0 aliphatic rings. The zero-order chi connectivity index (χ0) is 14.7. The zero-order valence-electron chi connectivity index (χ0n) is 11.6. The molecular weight excluding hydrogens is 284 g/mol. The van der Waals surface area contributed by atoms with Crippen LogP contribution in [0.1, 0.15) is 6.92 Å². The molecule has 0 saturated carbocycles. The van der Waals surface area contributed by atoms with Crippen LogP contribution in [-0.2, 0) is 0 Å². The molecule has 0 spiro atoms. The molecule has 2 aromatic carbocycles. The maximum absolute atomic E-state index is 6.22. The molecule has 3 aromatic rings. The lowest BCUT2D eigenvalue weighted by Crippen LogP contribution is -1.97. The van der Waals surface area contributed by atoms with Crippen molar-refractivity contribution in [1.82, 2.24) is 4.98 Å². The standard InChI is InChI=1S/C17H15ClN2O/c1-2-20-12-9-13(11-19-10-12)21-17-8-7-16(18)14-5-3-4-6-15(14)17/h3-11,20H,2H2,1H3. The monoisotopic (exact) mass is 298 g/mol. The van der Waals surface area contributed by atoms with E-state index in [1.807, 2.05) is 49.4 Å². The second kappa shape index (κ2) is 6.02.